The molecule has 2 aromatic carbocycles. The number of benzene rings is 2. The van der Waals surface area contributed by atoms with Gasteiger partial charge in [0.2, 0.25) is 0 Å². The van der Waals surface area contributed by atoms with Gasteiger partial charge in [-0.2, -0.15) is 0 Å². The Morgan fingerprint density at radius 3 is 2.80 bits per heavy atom. The lowest BCUT2D eigenvalue weighted by molar-refractivity contribution is -0.124. The van der Waals surface area contributed by atoms with E-state index < -0.39 is 12.0 Å². The number of primary amides is 1. The number of likely N-dealkylation sites (tertiary alicyclic amines) is 1. The minimum Gasteiger partial charge on any atom is -0.494 e. The van der Waals surface area contributed by atoms with Gasteiger partial charge in [0.25, 0.3) is 5.91 Å². The highest BCUT2D eigenvalue weighted by molar-refractivity contribution is 6.34. The highest BCUT2D eigenvalue weighted by Gasteiger charge is 2.36. The standard InChI is InChI=1S/C25H32ClFN4O4/c1-33-21-14-31(10-2-12-34-16-5-3-15(27)4-6-16)11-8-17(21)18-13-19(26)22(28)23-24(18)35-20(25(29)32)7-9-30-23/h3-6,13,17,20-21,30H,2,7-12,14,28H2,1H3,(H2,29,32). The molecule has 3 atom stereocenters. The van der Waals surface area contributed by atoms with Crippen LogP contribution in [-0.2, 0) is 9.53 Å². The number of piperidine rings is 1. The van der Waals surface area contributed by atoms with Gasteiger partial charge in [-0.25, -0.2) is 4.39 Å². The molecule has 2 aromatic rings. The molecule has 8 nitrogen and oxygen atoms in total. The molecule has 2 aliphatic heterocycles. The van der Waals surface area contributed by atoms with Gasteiger partial charge < -0.3 is 35.9 Å². The summed E-state index contributed by atoms with van der Waals surface area (Å²) in [7, 11) is 1.70. The largest absolute Gasteiger partial charge is 0.494 e. The Bertz CT molecular complexity index is 1040. The second kappa shape index (κ2) is 11.3. The van der Waals surface area contributed by atoms with Crippen LogP contribution in [0.1, 0.15) is 30.7 Å². The lowest BCUT2D eigenvalue weighted by Gasteiger charge is -2.39. The van der Waals surface area contributed by atoms with Crippen molar-refractivity contribution in [1.82, 2.24) is 4.90 Å². The van der Waals surface area contributed by atoms with Crippen molar-refractivity contribution in [2.75, 3.05) is 50.9 Å². The van der Waals surface area contributed by atoms with Crippen molar-refractivity contribution < 1.29 is 23.4 Å². The van der Waals surface area contributed by atoms with Crippen LogP contribution in [0.25, 0.3) is 0 Å². The number of rotatable bonds is 8. The number of halogens is 2. The van der Waals surface area contributed by atoms with Crippen LogP contribution in [0, 0.1) is 5.82 Å². The van der Waals surface area contributed by atoms with Crippen LogP contribution >= 0.6 is 11.6 Å². The van der Waals surface area contributed by atoms with Crippen molar-refractivity contribution >= 4 is 28.9 Å². The highest BCUT2D eigenvalue weighted by Crippen LogP contribution is 2.47. The van der Waals surface area contributed by atoms with Crippen LogP contribution < -0.4 is 26.3 Å². The summed E-state index contributed by atoms with van der Waals surface area (Å²) in [6.07, 6.45) is 1.23. The summed E-state index contributed by atoms with van der Waals surface area (Å²) in [4.78, 5) is 14.2. The molecule has 35 heavy (non-hydrogen) atoms. The molecule has 190 valence electrons. The summed E-state index contributed by atoms with van der Waals surface area (Å²) in [5, 5.41) is 3.70. The molecule has 0 spiro atoms. The average Bonchev–Trinajstić information content (AvgIpc) is 3.09. The molecular formula is C25H32ClFN4O4. The molecular weight excluding hydrogens is 475 g/mol. The van der Waals surface area contributed by atoms with E-state index >= 15 is 0 Å². The first-order valence-electron chi connectivity index (χ1n) is 11.8. The van der Waals surface area contributed by atoms with Crippen LogP contribution in [0.2, 0.25) is 5.02 Å². The van der Waals surface area contributed by atoms with Gasteiger partial charge in [-0.15, -0.1) is 0 Å². The van der Waals surface area contributed by atoms with Crippen LogP contribution in [-0.4, -0.2) is 62.9 Å². The van der Waals surface area contributed by atoms with E-state index in [0.29, 0.717) is 47.5 Å². The fourth-order valence-electron chi connectivity index (χ4n) is 4.76. The minimum atomic E-state index is -0.745. The van der Waals surface area contributed by atoms with Gasteiger partial charge in [0.05, 0.1) is 23.4 Å². The van der Waals surface area contributed by atoms with Crippen molar-refractivity contribution in [3.63, 3.8) is 0 Å². The number of carbonyl (C=O) groups is 1. The van der Waals surface area contributed by atoms with Gasteiger partial charge in [0.15, 0.2) is 6.10 Å². The topological polar surface area (TPSA) is 112 Å². The maximum absolute atomic E-state index is 13.0. The maximum atomic E-state index is 13.0. The second-order valence-corrected chi connectivity index (χ2v) is 9.32. The van der Waals surface area contributed by atoms with Crippen molar-refractivity contribution in [3.05, 3.63) is 46.7 Å². The predicted molar refractivity (Wildman–Crippen MR) is 134 cm³/mol. The summed E-state index contributed by atoms with van der Waals surface area (Å²) in [6.45, 7) is 3.46. The van der Waals surface area contributed by atoms with E-state index in [4.69, 9.17) is 37.3 Å². The lowest BCUT2D eigenvalue weighted by atomic mass is 9.85. The zero-order chi connectivity index (χ0) is 24.9. The molecule has 0 aliphatic carbocycles. The van der Waals surface area contributed by atoms with Gasteiger partial charge in [0, 0.05) is 44.6 Å². The van der Waals surface area contributed by atoms with E-state index in [1.807, 2.05) is 6.07 Å². The lowest BCUT2D eigenvalue weighted by Crippen LogP contribution is -2.44. The summed E-state index contributed by atoms with van der Waals surface area (Å²) in [5.74, 6) is 0.397. The number of ether oxygens (including phenoxy) is 3. The van der Waals surface area contributed by atoms with Crippen molar-refractivity contribution in [2.24, 2.45) is 5.73 Å². The number of nitrogens with one attached hydrogen (secondary N) is 1. The molecule has 10 heteroatoms. The maximum Gasteiger partial charge on any atom is 0.258 e. The van der Waals surface area contributed by atoms with Crippen molar-refractivity contribution in [2.45, 2.75) is 37.4 Å². The molecule has 0 bridgehead atoms. The van der Waals surface area contributed by atoms with Gasteiger partial charge >= 0.3 is 0 Å². The minimum absolute atomic E-state index is 0.00647. The zero-order valence-corrected chi connectivity index (χ0v) is 20.5. The van der Waals surface area contributed by atoms with Crippen LogP contribution in [0.5, 0.6) is 11.5 Å². The molecule has 1 saturated heterocycles. The molecule has 1 amide bonds. The van der Waals surface area contributed by atoms with Crippen molar-refractivity contribution in [1.29, 1.82) is 0 Å². The van der Waals surface area contributed by atoms with Gasteiger partial charge in [-0.05, 0) is 49.7 Å². The van der Waals surface area contributed by atoms with E-state index in [9.17, 15) is 9.18 Å². The van der Waals surface area contributed by atoms with E-state index in [2.05, 4.69) is 10.2 Å². The summed E-state index contributed by atoms with van der Waals surface area (Å²) in [6, 6.07) is 7.85. The number of nitrogens with zero attached hydrogens (tertiary/aromatic N) is 1. The quantitative estimate of drug-likeness (QED) is 0.371. The summed E-state index contributed by atoms with van der Waals surface area (Å²) >= 11 is 6.49. The third-order valence-electron chi connectivity index (χ3n) is 6.63. The third kappa shape index (κ3) is 5.91. The Morgan fingerprint density at radius 2 is 2.09 bits per heavy atom. The molecule has 2 heterocycles. The Morgan fingerprint density at radius 1 is 1.31 bits per heavy atom. The number of nitrogens with two attached hydrogens (primary N) is 2. The molecule has 2 aliphatic rings. The normalized spacial score (nSPS) is 22.4. The number of nitrogen functional groups attached to an aromatic ring is 1. The van der Waals surface area contributed by atoms with E-state index in [0.717, 1.165) is 38.0 Å². The third-order valence-corrected chi connectivity index (χ3v) is 6.94. The monoisotopic (exact) mass is 506 g/mol. The first-order chi connectivity index (χ1) is 16.9. The first kappa shape index (κ1) is 25.3. The molecule has 3 unspecified atom stereocenters. The number of hydrogen-bond acceptors (Lipinski definition) is 7. The molecule has 1 fully saturated rings. The smallest absolute Gasteiger partial charge is 0.258 e. The van der Waals surface area contributed by atoms with Gasteiger partial charge in [-0.3, -0.25) is 4.79 Å². The fourth-order valence-corrected chi connectivity index (χ4v) is 4.97. The van der Waals surface area contributed by atoms with Gasteiger partial charge in [0.1, 0.15) is 23.0 Å². The Labute approximate surface area is 209 Å². The average molecular weight is 507 g/mol. The molecule has 5 N–H and O–H groups in total. The van der Waals surface area contributed by atoms with E-state index in [1.165, 1.54) is 12.1 Å². The number of fused-ring (bicyclic) bond motifs is 1. The van der Waals surface area contributed by atoms with E-state index in [-0.39, 0.29) is 17.8 Å². The number of hydrogen-bond donors (Lipinski definition) is 3. The predicted octanol–water partition coefficient (Wildman–Crippen LogP) is 3.38. The van der Waals surface area contributed by atoms with Crippen LogP contribution in [0.4, 0.5) is 15.8 Å². The first-order valence-corrected chi connectivity index (χ1v) is 12.2. The van der Waals surface area contributed by atoms with E-state index in [1.54, 1.807) is 19.2 Å². The van der Waals surface area contributed by atoms with Gasteiger partial charge in [-0.1, -0.05) is 11.6 Å². The summed E-state index contributed by atoms with van der Waals surface area (Å²) < 4.78 is 30.7. The Kier molecular flexibility index (Phi) is 8.20. The van der Waals surface area contributed by atoms with Crippen molar-refractivity contribution in [3.8, 4) is 11.5 Å². The zero-order valence-electron chi connectivity index (χ0n) is 19.8. The molecule has 0 saturated carbocycles. The molecule has 4 rings (SSSR count). The number of anilines is 2. The number of methoxy groups -OCH3 is 1. The summed E-state index contributed by atoms with van der Waals surface area (Å²) in [5.41, 5.74) is 13.7. The van der Waals surface area contributed by atoms with Crippen LogP contribution in [0.3, 0.4) is 0 Å². The molecule has 0 radical (unpaired) electrons. The molecule has 0 aromatic heterocycles. The Hall–Kier alpha value is -2.75. The highest BCUT2D eigenvalue weighted by atomic mass is 35.5. The Balaban J connectivity index is 1.43. The second-order valence-electron chi connectivity index (χ2n) is 8.92. The number of carbonyl (C=O) groups excluding carboxylic acids is 1. The SMILES string of the molecule is COC1CN(CCCOc2ccc(F)cc2)CCC1c1cc(Cl)c(N)c2c1OC(C(N)=O)CCN2. The fraction of sp³-hybridized carbons (Fsp3) is 0.480. The number of amides is 1. The van der Waals surface area contributed by atoms with Crippen LogP contribution in [0.15, 0.2) is 30.3 Å².